The van der Waals surface area contributed by atoms with Crippen LogP contribution in [0.2, 0.25) is 0 Å². The van der Waals surface area contributed by atoms with Gasteiger partial charge in [0.2, 0.25) is 0 Å². The van der Waals surface area contributed by atoms with Crippen LogP contribution >= 0.6 is 0 Å². The van der Waals surface area contributed by atoms with E-state index in [-0.39, 0.29) is 10.8 Å². The molecule has 0 aliphatic rings. The molecular weight excluding hydrogens is 669 g/mol. The number of fused-ring (bicyclic) bond motifs is 5. The number of rotatable bonds is 7. The highest BCUT2D eigenvalue weighted by Crippen LogP contribution is 2.47. The first-order chi connectivity index (χ1) is 38.0. The van der Waals surface area contributed by atoms with E-state index in [0.29, 0.717) is 0 Å². The number of hydrogen-bond acceptors (Lipinski definition) is 4. The Morgan fingerprint density at radius 3 is 1.96 bits per heavy atom. The van der Waals surface area contributed by atoms with Gasteiger partial charge in [-0.1, -0.05) is 151 Å². The lowest BCUT2D eigenvalue weighted by atomic mass is 9.92. The van der Waals surface area contributed by atoms with Gasteiger partial charge in [0.1, 0.15) is 0 Å². The first kappa shape index (κ1) is 15.1. The number of anilines is 3. The minimum absolute atomic E-state index is 0.285. The Bertz CT molecular complexity index is 4460. The van der Waals surface area contributed by atoms with Crippen LogP contribution in [0.25, 0.3) is 77.6 Å². The maximum Gasteiger partial charge on any atom is 0.160 e. The highest BCUT2D eigenvalue weighted by molar-refractivity contribution is 6.27. The van der Waals surface area contributed by atoms with Crippen LogP contribution in [0.15, 0.2) is 206 Å². The number of nitrogens with zero attached hydrogens (tertiary/aromatic N) is 4. The van der Waals surface area contributed by atoms with Crippen molar-refractivity contribution in [1.29, 1.82) is 0 Å². The maximum atomic E-state index is 10.3. The monoisotopic (exact) mass is 728 g/mol. The normalized spacial score (nSPS) is 17.9. The molecule has 0 saturated carbocycles. The summed E-state index contributed by atoms with van der Waals surface area (Å²) in [6, 6.07) is -10.9. The molecule has 10 rings (SSSR count). The third kappa shape index (κ3) is 5.96. The lowest BCUT2D eigenvalue weighted by Gasteiger charge is -2.28. The van der Waals surface area contributed by atoms with Gasteiger partial charge in [-0.3, -0.25) is 0 Å². The molecule has 0 aliphatic heterocycles. The van der Waals surface area contributed by atoms with Gasteiger partial charge in [-0.25, -0.2) is 15.0 Å². The first-order valence-electron chi connectivity index (χ1n) is 29.4. The van der Waals surface area contributed by atoms with E-state index in [2.05, 4.69) is 9.97 Å². The molecule has 0 unspecified atom stereocenters. The second-order valence-corrected chi connectivity index (χ2v) is 11.6. The van der Waals surface area contributed by atoms with E-state index >= 15 is 0 Å². The van der Waals surface area contributed by atoms with Crippen LogP contribution in [-0.2, 0) is 0 Å². The van der Waals surface area contributed by atoms with Crippen molar-refractivity contribution in [1.82, 2.24) is 15.0 Å². The Labute approximate surface area is 356 Å². The molecule has 55 heavy (non-hydrogen) atoms. The van der Waals surface area contributed by atoms with E-state index in [1.165, 1.54) is 6.07 Å². The molecule has 258 valence electrons. The summed E-state index contributed by atoms with van der Waals surface area (Å²) in [7, 11) is 0. The quantitative estimate of drug-likeness (QED) is 0.153. The fraction of sp³-hybridized carbons (Fsp3) is 0. The molecule has 0 bridgehead atoms. The summed E-state index contributed by atoms with van der Waals surface area (Å²) in [5.41, 5.74) is -6.83. The molecule has 0 radical (unpaired) electrons. The molecule has 8 aromatic carbocycles. The molecule has 0 spiro atoms. The van der Waals surface area contributed by atoms with Gasteiger partial charge in [0.05, 0.1) is 63.9 Å². The largest absolute Gasteiger partial charge is 0.310 e. The lowest BCUT2D eigenvalue weighted by molar-refractivity contribution is 1.18. The van der Waals surface area contributed by atoms with Crippen molar-refractivity contribution < 1.29 is 35.6 Å². The molecular formula is C51H34N4. The van der Waals surface area contributed by atoms with E-state index in [1.54, 1.807) is 0 Å². The number of benzene rings is 8. The predicted octanol–water partition coefficient (Wildman–Crippen LogP) is 13.5. The molecule has 10 aromatic rings. The van der Waals surface area contributed by atoms with Gasteiger partial charge >= 0.3 is 0 Å². The molecule has 0 fully saturated rings. The number of para-hydroxylation sites is 2. The number of pyridine rings is 1. The Morgan fingerprint density at radius 2 is 1.09 bits per heavy atom. The van der Waals surface area contributed by atoms with Gasteiger partial charge in [0, 0.05) is 49.8 Å². The average molecular weight is 729 g/mol. The van der Waals surface area contributed by atoms with Crippen LogP contribution in [0.3, 0.4) is 0 Å². The van der Waals surface area contributed by atoms with Crippen LogP contribution in [0.5, 0.6) is 0 Å². The van der Waals surface area contributed by atoms with Crippen molar-refractivity contribution in [3.05, 3.63) is 206 Å². The van der Waals surface area contributed by atoms with Crippen molar-refractivity contribution in [2.45, 2.75) is 0 Å². The van der Waals surface area contributed by atoms with Gasteiger partial charge in [0.15, 0.2) is 5.82 Å². The Kier molecular flexibility index (Phi) is 3.81. The molecule has 4 heteroatoms. The van der Waals surface area contributed by atoms with Gasteiger partial charge < -0.3 is 4.90 Å². The highest BCUT2D eigenvalue weighted by Gasteiger charge is 2.23. The van der Waals surface area contributed by atoms with Crippen molar-refractivity contribution in [2.75, 3.05) is 4.90 Å². The summed E-state index contributed by atoms with van der Waals surface area (Å²) in [6.07, 6.45) is 0. The SMILES string of the molecule is [2H]c1cc([2H])c(-c2nc3cc([2H])c(-c4nc(-c5c([2H])ccc([2H])c5[2H])c([2H])c(-c5c([2H])c([2H])c([2H])c([2H])c5[2H])n4)c([2H])c3c3c2c(N(c2c([2H])cc([2H])c([2H])c2[2H])c2c([2H])c([2H])cc([2H])c2[2H])c([2H])c2ccc([2H])c([2H])c23)c([2H])c1[2H]. The minimum Gasteiger partial charge on any atom is -0.310 e. The fourth-order valence-corrected chi connectivity index (χ4v) is 6.06. The van der Waals surface area contributed by atoms with E-state index in [1.807, 2.05) is 0 Å². The molecule has 0 saturated heterocycles. The van der Waals surface area contributed by atoms with Crippen LogP contribution < -0.4 is 4.90 Å². The standard InChI is InChI=1S/C51H34N4/c1-6-18-35(19-7-1)45-34-46(36-20-8-2-9-21-36)54-51(53-45)39-30-31-44-43(32-39)48-42-29-17-16-24-38(42)33-47(49(48)50(52-44)37-22-10-3-11-23-37)55(40-25-12-4-13-26-40)41-27-14-5-15-28-41/h1-34H/i1D,3D,4D,6D,7D,8D,10D,12D,14D,15D,17D,18D,19D,20D,21D,22D,23D,25D,26D,27D,28D,29D,30D,32D,33D,34D. The first-order valence-corrected chi connectivity index (χ1v) is 16.4. The molecule has 2 aromatic heterocycles. The number of aromatic nitrogens is 3. The van der Waals surface area contributed by atoms with Gasteiger partial charge in [0.25, 0.3) is 0 Å². The van der Waals surface area contributed by atoms with Crippen molar-refractivity contribution >= 4 is 49.5 Å². The van der Waals surface area contributed by atoms with Crippen LogP contribution in [0, 0.1) is 0 Å². The third-order valence-electron chi connectivity index (χ3n) is 8.34. The number of hydrogen-bond donors (Lipinski definition) is 0. The minimum atomic E-state index is -0.918. The second kappa shape index (κ2) is 13.8. The summed E-state index contributed by atoms with van der Waals surface area (Å²) in [4.78, 5) is 14.6. The topological polar surface area (TPSA) is 41.9 Å². The zero-order valence-corrected chi connectivity index (χ0v) is 27.9. The fourth-order valence-electron chi connectivity index (χ4n) is 6.06. The molecule has 0 N–H and O–H groups in total. The summed E-state index contributed by atoms with van der Waals surface area (Å²) in [5.74, 6) is -0.725. The molecule has 0 amide bonds. The van der Waals surface area contributed by atoms with E-state index < -0.39 is 241 Å². The summed E-state index contributed by atoms with van der Waals surface area (Å²) in [6.45, 7) is 0. The zero-order chi connectivity index (χ0) is 59.2. The van der Waals surface area contributed by atoms with Crippen LogP contribution in [0.1, 0.15) is 35.6 Å². The summed E-state index contributed by atoms with van der Waals surface area (Å²) in [5, 5.41) is -2.08. The predicted molar refractivity (Wildman–Crippen MR) is 229 cm³/mol. The lowest BCUT2D eigenvalue weighted by Crippen LogP contribution is -2.11. The third-order valence-corrected chi connectivity index (χ3v) is 8.34. The molecule has 0 aliphatic carbocycles. The van der Waals surface area contributed by atoms with E-state index in [9.17, 15) is 15.1 Å². The van der Waals surface area contributed by atoms with E-state index in [4.69, 9.17) is 25.5 Å². The summed E-state index contributed by atoms with van der Waals surface area (Å²) < 4.78 is 235. The maximum absolute atomic E-state index is 10.3. The Morgan fingerprint density at radius 1 is 0.418 bits per heavy atom. The Hall–Kier alpha value is -7.43. The Balaban J connectivity index is 1.52. The van der Waals surface area contributed by atoms with Crippen molar-refractivity contribution in [3.63, 3.8) is 0 Å². The van der Waals surface area contributed by atoms with Gasteiger partial charge in [-0.15, -0.1) is 0 Å². The molecule has 0 atom stereocenters. The molecule has 2 heterocycles. The van der Waals surface area contributed by atoms with Gasteiger partial charge in [-0.05, 0) is 65.2 Å². The smallest absolute Gasteiger partial charge is 0.160 e. The average Bonchev–Trinajstić information content (AvgIpc) is 2.96. The molecule has 4 nitrogen and oxygen atoms in total. The zero-order valence-electron chi connectivity index (χ0n) is 53.9. The van der Waals surface area contributed by atoms with Gasteiger partial charge in [-0.2, -0.15) is 0 Å². The highest BCUT2D eigenvalue weighted by atomic mass is 15.1. The van der Waals surface area contributed by atoms with Crippen molar-refractivity contribution in [2.24, 2.45) is 0 Å². The van der Waals surface area contributed by atoms with E-state index in [0.717, 1.165) is 47.4 Å². The van der Waals surface area contributed by atoms with Crippen LogP contribution in [-0.4, -0.2) is 15.0 Å². The van der Waals surface area contributed by atoms with Crippen LogP contribution in [0.4, 0.5) is 17.1 Å². The second-order valence-electron chi connectivity index (χ2n) is 11.6. The van der Waals surface area contributed by atoms with Crippen molar-refractivity contribution in [3.8, 4) is 45.2 Å². The summed E-state index contributed by atoms with van der Waals surface area (Å²) >= 11 is 0.